The van der Waals surface area contributed by atoms with E-state index in [-0.39, 0.29) is 11.9 Å². The summed E-state index contributed by atoms with van der Waals surface area (Å²) in [6.45, 7) is 2.07. The molecule has 0 spiro atoms. The standard InChI is InChI=1S/C18H18N4OS/c1-11-10-19-18(24-11)13-3-5-14-12(9-13)4-6-15(14)21-17(23)16-7-8-20-22(16)2/h3,5,7-10,15H,4,6H2,1-2H3,(H,21,23). The lowest BCUT2D eigenvalue weighted by Gasteiger charge is -2.14. The van der Waals surface area contributed by atoms with Crippen LogP contribution >= 0.6 is 11.3 Å². The van der Waals surface area contributed by atoms with Crippen molar-refractivity contribution in [1.29, 1.82) is 0 Å². The molecular formula is C18H18N4OS. The van der Waals surface area contributed by atoms with E-state index < -0.39 is 0 Å². The summed E-state index contributed by atoms with van der Waals surface area (Å²) < 4.78 is 1.60. The van der Waals surface area contributed by atoms with Gasteiger partial charge in [0.05, 0.1) is 6.04 Å². The number of hydrogen-bond acceptors (Lipinski definition) is 4. The number of benzene rings is 1. The highest BCUT2D eigenvalue weighted by molar-refractivity contribution is 7.14. The minimum absolute atomic E-state index is 0.0643. The molecule has 1 N–H and O–H groups in total. The lowest BCUT2D eigenvalue weighted by Crippen LogP contribution is -2.28. The fraction of sp³-hybridized carbons (Fsp3) is 0.278. The van der Waals surface area contributed by atoms with Crippen LogP contribution in [-0.4, -0.2) is 20.7 Å². The van der Waals surface area contributed by atoms with Gasteiger partial charge in [0.15, 0.2) is 0 Å². The van der Waals surface area contributed by atoms with E-state index in [9.17, 15) is 4.79 Å². The maximum atomic E-state index is 12.4. The molecule has 24 heavy (non-hydrogen) atoms. The summed E-state index contributed by atoms with van der Waals surface area (Å²) in [5.74, 6) is -0.0764. The van der Waals surface area contributed by atoms with Crippen LogP contribution < -0.4 is 5.32 Å². The summed E-state index contributed by atoms with van der Waals surface area (Å²) in [7, 11) is 1.78. The van der Waals surface area contributed by atoms with Gasteiger partial charge < -0.3 is 5.32 Å². The molecule has 1 atom stereocenters. The van der Waals surface area contributed by atoms with Crippen molar-refractivity contribution in [2.75, 3.05) is 0 Å². The third-order valence-electron chi connectivity index (χ3n) is 4.45. The normalized spacial score (nSPS) is 16.2. The number of carbonyl (C=O) groups excluding carboxylic acids is 1. The number of aromatic nitrogens is 3. The number of hydrogen-bond donors (Lipinski definition) is 1. The molecule has 1 aliphatic carbocycles. The molecule has 0 saturated carbocycles. The summed E-state index contributed by atoms with van der Waals surface area (Å²) in [5, 5.41) is 8.24. The number of thiazole rings is 1. The van der Waals surface area contributed by atoms with Crippen molar-refractivity contribution in [3.63, 3.8) is 0 Å². The highest BCUT2D eigenvalue weighted by atomic mass is 32.1. The van der Waals surface area contributed by atoms with Crippen molar-refractivity contribution in [3.8, 4) is 10.6 Å². The highest BCUT2D eigenvalue weighted by Gasteiger charge is 2.25. The molecule has 3 aromatic rings. The highest BCUT2D eigenvalue weighted by Crippen LogP contribution is 2.35. The quantitative estimate of drug-likeness (QED) is 0.797. The van der Waals surface area contributed by atoms with Crippen LogP contribution in [0.2, 0.25) is 0 Å². The molecule has 1 amide bonds. The predicted molar refractivity (Wildman–Crippen MR) is 94.0 cm³/mol. The number of fused-ring (bicyclic) bond motifs is 1. The first kappa shape index (κ1) is 15.1. The van der Waals surface area contributed by atoms with E-state index in [0.29, 0.717) is 5.69 Å². The van der Waals surface area contributed by atoms with Crippen molar-refractivity contribution in [3.05, 3.63) is 58.4 Å². The molecule has 1 unspecified atom stereocenters. The second kappa shape index (κ2) is 5.87. The molecule has 122 valence electrons. The van der Waals surface area contributed by atoms with E-state index in [4.69, 9.17) is 0 Å². The topological polar surface area (TPSA) is 59.8 Å². The van der Waals surface area contributed by atoms with Crippen LogP contribution in [-0.2, 0) is 13.5 Å². The number of rotatable bonds is 3. The first-order valence-electron chi connectivity index (χ1n) is 7.96. The van der Waals surface area contributed by atoms with Crippen LogP contribution in [0, 0.1) is 6.92 Å². The van der Waals surface area contributed by atoms with E-state index in [1.54, 1.807) is 35.3 Å². The molecule has 0 aliphatic heterocycles. The molecule has 2 aromatic heterocycles. The molecule has 5 nitrogen and oxygen atoms in total. The van der Waals surface area contributed by atoms with Gasteiger partial charge in [-0.05, 0) is 43.0 Å². The van der Waals surface area contributed by atoms with E-state index in [0.717, 1.165) is 23.4 Å². The van der Waals surface area contributed by atoms with Crippen LogP contribution in [0.5, 0.6) is 0 Å². The molecule has 4 rings (SSSR count). The molecule has 2 heterocycles. The number of nitrogens with one attached hydrogen (secondary N) is 1. The van der Waals surface area contributed by atoms with Gasteiger partial charge in [-0.3, -0.25) is 9.48 Å². The zero-order chi connectivity index (χ0) is 16.7. The van der Waals surface area contributed by atoms with E-state index >= 15 is 0 Å². The zero-order valence-corrected chi connectivity index (χ0v) is 14.4. The Hall–Kier alpha value is -2.47. The Kier molecular flexibility index (Phi) is 3.69. The fourth-order valence-electron chi connectivity index (χ4n) is 3.22. The van der Waals surface area contributed by atoms with Gasteiger partial charge in [0.25, 0.3) is 5.91 Å². The molecule has 1 aromatic carbocycles. The third kappa shape index (κ3) is 2.63. The van der Waals surface area contributed by atoms with Crippen LogP contribution in [0.4, 0.5) is 0 Å². The van der Waals surface area contributed by atoms with E-state index in [1.165, 1.54) is 16.0 Å². The number of carbonyl (C=O) groups is 1. The Morgan fingerprint density at radius 2 is 2.25 bits per heavy atom. The largest absolute Gasteiger partial charge is 0.344 e. The average Bonchev–Trinajstić information content (AvgIpc) is 3.27. The Balaban J connectivity index is 1.56. The molecule has 0 bridgehead atoms. The second-order valence-corrected chi connectivity index (χ2v) is 7.33. The minimum atomic E-state index is -0.0764. The Bertz CT molecular complexity index is 911. The van der Waals surface area contributed by atoms with Gasteiger partial charge >= 0.3 is 0 Å². The monoisotopic (exact) mass is 338 g/mol. The molecule has 1 aliphatic rings. The first-order valence-corrected chi connectivity index (χ1v) is 8.78. The fourth-order valence-corrected chi connectivity index (χ4v) is 3.98. The van der Waals surface area contributed by atoms with Crippen molar-refractivity contribution < 1.29 is 4.79 Å². The molecule has 0 saturated heterocycles. The van der Waals surface area contributed by atoms with Crippen molar-refractivity contribution >= 4 is 17.2 Å². The molecule has 6 heteroatoms. The van der Waals surface area contributed by atoms with Gasteiger partial charge in [-0.25, -0.2) is 4.98 Å². The van der Waals surface area contributed by atoms with Crippen molar-refractivity contribution in [2.45, 2.75) is 25.8 Å². The average molecular weight is 338 g/mol. The molecular weight excluding hydrogens is 320 g/mol. The Morgan fingerprint density at radius 1 is 1.38 bits per heavy atom. The SMILES string of the molecule is Cc1cnc(-c2ccc3c(c2)CCC3NC(=O)c2ccnn2C)s1. The van der Waals surface area contributed by atoms with Gasteiger partial charge in [-0.2, -0.15) is 5.10 Å². The van der Waals surface area contributed by atoms with Gasteiger partial charge in [0.2, 0.25) is 0 Å². The minimum Gasteiger partial charge on any atom is -0.344 e. The van der Waals surface area contributed by atoms with Crippen molar-refractivity contribution in [1.82, 2.24) is 20.1 Å². The van der Waals surface area contributed by atoms with Crippen LogP contribution in [0.3, 0.4) is 0 Å². The summed E-state index contributed by atoms with van der Waals surface area (Å²) in [4.78, 5) is 18.1. The third-order valence-corrected chi connectivity index (χ3v) is 5.41. The maximum absolute atomic E-state index is 12.4. The van der Waals surface area contributed by atoms with Gasteiger partial charge in [0, 0.05) is 29.9 Å². The Morgan fingerprint density at radius 3 is 2.96 bits per heavy atom. The van der Waals surface area contributed by atoms with E-state index in [1.807, 2.05) is 6.20 Å². The van der Waals surface area contributed by atoms with Gasteiger partial charge in [-0.15, -0.1) is 11.3 Å². The molecule has 0 radical (unpaired) electrons. The Labute approximate surface area is 144 Å². The summed E-state index contributed by atoms with van der Waals surface area (Å²) in [6.07, 6.45) is 5.45. The summed E-state index contributed by atoms with van der Waals surface area (Å²) in [5.41, 5.74) is 4.25. The smallest absolute Gasteiger partial charge is 0.270 e. The number of aryl methyl sites for hydroxylation is 3. The van der Waals surface area contributed by atoms with Crippen LogP contribution in [0.25, 0.3) is 10.6 Å². The summed E-state index contributed by atoms with van der Waals surface area (Å²) in [6, 6.07) is 8.24. The predicted octanol–water partition coefficient (Wildman–Crippen LogP) is 3.27. The van der Waals surface area contributed by atoms with Crippen LogP contribution in [0.15, 0.2) is 36.7 Å². The van der Waals surface area contributed by atoms with Gasteiger partial charge in [0.1, 0.15) is 10.7 Å². The number of nitrogens with zero attached hydrogens (tertiary/aromatic N) is 3. The van der Waals surface area contributed by atoms with E-state index in [2.05, 4.69) is 40.5 Å². The lowest BCUT2D eigenvalue weighted by atomic mass is 10.0. The number of amides is 1. The lowest BCUT2D eigenvalue weighted by molar-refractivity contribution is 0.0927. The molecule has 0 fully saturated rings. The summed E-state index contributed by atoms with van der Waals surface area (Å²) >= 11 is 1.71. The maximum Gasteiger partial charge on any atom is 0.270 e. The zero-order valence-electron chi connectivity index (χ0n) is 13.6. The van der Waals surface area contributed by atoms with Crippen molar-refractivity contribution in [2.24, 2.45) is 7.05 Å². The van der Waals surface area contributed by atoms with Crippen LogP contribution in [0.1, 0.15) is 39.0 Å². The van der Waals surface area contributed by atoms with Gasteiger partial charge in [-0.1, -0.05) is 12.1 Å². The first-order chi connectivity index (χ1) is 11.6. The second-order valence-electron chi connectivity index (χ2n) is 6.09.